The maximum absolute atomic E-state index is 12.1. The lowest BCUT2D eigenvalue weighted by molar-refractivity contribution is -0.127. The number of imidazole rings is 1. The number of anilines is 4. The fourth-order valence-corrected chi connectivity index (χ4v) is 4.17. The van der Waals surface area contributed by atoms with Crippen LogP contribution in [-0.4, -0.2) is 74.7 Å². The summed E-state index contributed by atoms with van der Waals surface area (Å²) in [6, 6.07) is 5.28. The maximum atomic E-state index is 12.1. The number of ether oxygens (including phenoxy) is 3. The highest BCUT2D eigenvalue weighted by molar-refractivity contribution is 5.87. The Morgan fingerprint density at radius 3 is 2.32 bits per heavy atom. The summed E-state index contributed by atoms with van der Waals surface area (Å²) >= 11 is 0. The van der Waals surface area contributed by atoms with Crippen LogP contribution in [0.2, 0.25) is 0 Å². The Hall–Kier alpha value is -4.68. The fourth-order valence-electron chi connectivity index (χ4n) is 4.17. The molecular weight excluding hydrogens is 478 g/mol. The minimum Gasteiger partial charge on any atom is -0.493 e. The van der Waals surface area contributed by atoms with Crippen LogP contribution in [-0.2, 0) is 11.3 Å². The van der Waals surface area contributed by atoms with E-state index in [1.54, 1.807) is 58.2 Å². The number of fused-ring (bicyclic) bond motifs is 1. The number of hydrogen-bond donors (Lipinski definition) is 2. The number of nitrogens with one attached hydrogen (secondary N) is 2. The molecule has 3 aromatic heterocycles. The third-order valence-electron chi connectivity index (χ3n) is 5.96. The van der Waals surface area contributed by atoms with Gasteiger partial charge in [-0.25, -0.2) is 15.0 Å². The lowest BCUT2D eigenvalue weighted by Crippen LogP contribution is -2.28. The molecular formula is C24H27N9O4. The summed E-state index contributed by atoms with van der Waals surface area (Å²) in [4.78, 5) is 36.2. The van der Waals surface area contributed by atoms with E-state index < -0.39 is 0 Å². The lowest BCUT2D eigenvalue weighted by atomic mass is 10.2. The van der Waals surface area contributed by atoms with Crippen molar-refractivity contribution in [1.29, 1.82) is 0 Å². The van der Waals surface area contributed by atoms with Gasteiger partial charge in [-0.05, 0) is 12.5 Å². The van der Waals surface area contributed by atoms with Crippen LogP contribution in [0.15, 0.2) is 36.9 Å². The molecule has 0 spiro atoms. The molecule has 13 heteroatoms. The van der Waals surface area contributed by atoms with Gasteiger partial charge < -0.3 is 29.0 Å². The van der Waals surface area contributed by atoms with Crippen LogP contribution in [0, 0.1) is 0 Å². The quantitative estimate of drug-likeness (QED) is 0.328. The van der Waals surface area contributed by atoms with E-state index in [0.29, 0.717) is 65.4 Å². The molecule has 5 rings (SSSR count). The van der Waals surface area contributed by atoms with Gasteiger partial charge in [-0.3, -0.25) is 10.1 Å². The Labute approximate surface area is 212 Å². The molecule has 37 heavy (non-hydrogen) atoms. The van der Waals surface area contributed by atoms with Crippen molar-refractivity contribution < 1.29 is 19.0 Å². The molecule has 2 N–H and O–H groups in total. The first-order valence-corrected chi connectivity index (χ1v) is 11.7. The molecule has 0 bridgehead atoms. The van der Waals surface area contributed by atoms with E-state index in [-0.39, 0.29) is 11.9 Å². The zero-order valence-electron chi connectivity index (χ0n) is 20.8. The standard InChI is InChI=1S/C24H27N9O4/c1-35-16-12-15(13-17(36-2)20(16)37-3)28-21-19-22(30-24(29-21)31-23-25-7-5-8-26-23)33(14-27-19)11-10-32-9-4-6-18(32)34/h5,7-8,12-14H,4,6,9-11H2,1-3H3,(H2,25,26,28,29,30,31). The van der Waals surface area contributed by atoms with Crippen LogP contribution in [0.1, 0.15) is 12.8 Å². The van der Waals surface area contributed by atoms with Gasteiger partial charge in [0.1, 0.15) is 0 Å². The molecule has 4 heterocycles. The highest BCUT2D eigenvalue weighted by atomic mass is 16.5. The van der Waals surface area contributed by atoms with Gasteiger partial charge in [-0.1, -0.05) is 0 Å². The third kappa shape index (κ3) is 5.01. The van der Waals surface area contributed by atoms with Crippen LogP contribution in [0.4, 0.5) is 23.4 Å². The van der Waals surface area contributed by atoms with Crippen molar-refractivity contribution in [3.8, 4) is 17.2 Å². The highest BCUT2D eigenvalue weighted by Crippen LogP contribution is 2.41. The predicted molar refractivity (Wildman–Crippen MR) is 136 cm³/mol. The summed E-state index contributed by atoms with van der Waals surface area (Å²) in [5, 5.41) is 6.35. The van der Waals surface area contributed by atoms with Crippen molar-refractivity contribution in [3.05, 3.63) is 36.9 Å². The average molecular weight is 506 g/mol. The number of amides is 1. The van der Waals surface area contributed by atoms with Gasteiger partial charge in [-0.2, -0.15) is 9.97 Å². The molecule has 4 aromatic rings. The molecule has 192 valence electrons. The van der Waals surface area contributed by atoms with Gasteiger partial charge in [0, 0.05) is 56.3 Å². The van der Waals surface area contributed by atoms with Gasteiger partial charge in [-0.15, -0.1) is 0 Å². The van der Waals surface area contributed by atoms with Crippen LogP contribution >= 0.6 is 0 Å². The number of carbonyl (C=O) groups is 1. The molecule has 1 aliphatic rings. The lowest BCUT2D eigenvalue weighted by Gasteiger charge is -2.16. The van der Waals surface area contributed by atoms with Gasteiger partial charge in [0.05, 0.1) is 27.7 Å². The SMILES string of the molecule is COc1cc(Nc2nc(Nc3ncccn3)nc3c2ncn3CCN2CCCC2=O)cc(OC)c1OC. The Morgan fingerprint density at radius 1 is 0.919 bits per heavy atom. The minimum absolute atomic E-state index is 0.174. The summed E-state index contributed by atoms with van der Waals surface area (Å²) in [6.45, 7) is 1.89. The number of benzene rings is 1. The van der Waals surface area contributed by atoms with Crippen molar-refractivity contribution in [3.63, 3.8) is 0 Å². The van der Waals surface area contributed by atoms with E-state index >= 15 is 0 Å². The molecule has 13 nitrogen and oxygen atoms in total. The first kappa shape index (κ1) is 24.0. The normalized spacial score (nSPS) is 13.2. The van der Waals surface area contributed by atoms with Crippen molar-refractivity contribution >= 4 is 40.5 Å². The Balaban J connectivity index is 1.52. The van der Waals surface area contributed by atoms with Gasteiger partial charge in [0.25, 0.3) is 0 Å². The van der Waals surface area contributed by atoms with E-state index in [2.05, 4.69) is 35.6 Å². The maximum Gasteiger partial charge on any atom is 0.233 e. The highest BCUT2D eigenvalue weighted by Gasteiger charge is 2.21. The molecule has 1 fully saturated rings. The van der Waals surface area contributed by atoms with Crippen molar-refractivity contribution in [1.82, 2.24) is 34.4 Å². The monoisotopic (exact) mass is 505 g/mol. The van der Waals surface area contributed by atoms with Gasteiger partial charge >= 0.3 is 0 Å². The minimum atomic E-state index is 0.174. The topological polar surface area (TPSA) is 141 Å². The molecule has 0 unspecified atom stereocenters. The summed E-state index contributed by atoms with van der Waals surface area (Å²) in [7, 11) is 4.66. The Morgan fingerprint density at radius 2 is 1.68 bits per heavy atom. The number of carbonyl (C=O) groups excluding carboxylic acids is 1. The summed E-state index contributed by atoms with van der Waals surface area (Å²) < 4.78 is 18.3. The van der Waals surface area contributed by atoms with Crippen molar-refractivity contribution in [2.45, 2.75) is 19.4 Å². The summed E-state index contributed by atoms with van der Waals surface area (Å²) in [5.74, 6) is 2.73. The second-order valence-corrected chi connectivity index (χ2v) is 8.23. The molecule has 1 aromatic carbocycles. The third-order valence-corrected chi connectivity index (χ3v) is 5.96. The fraction of sp³-hybridized carbons (Fsp3) is 0.333. The first-order valence-electron chi connectivity index (χ1n) is 11.7. The van der Waals surface area contributed by atoms with Crippen LogP contribution in [0.3, 0.4) is 0 Å². The molecule has 0 saturated carbocycles. The van der Waals surface area contributed by atoms with E-state index in [0.717, 1.165) is 13.0 Å². The largest absolute Gasteiger partial charge is 0.493 e. The van der Waals surface area contributed by atoms with E-state index in [4.69, 9.17) is 14.2 Å². The van der Waals surface area contributed by atoms with E-state index in [1.165, 1.54) is 0 Å². The number of rotatable bonds is 10. The van der Waals surface area contributed by atoms with Crippen LogP contribution in [0.5, 0.6) is 17.2 Å². The van der Waals surface area contributed by atoms with Gasteiger partial charge in [0.15, 0.2) is 28.5 Å². The number of aromatic nitrogens is 6. The van der Waals surface area contributed by atoms with E-state index in [1.807, 2.05) is 9.47 Å². The molecule has 1 saturated heterocycles. The molecule has 1 aliphatic heterocycles. The van der Waals surface area contributed by atoms with Gasteiger partial charge in [0.2, 0.25) is 23.6 Å². The van der Waals surface area contributed by atoms with Crippen LogP contribution < -0.4 is 24.8 Å². The first-order chi connectivity index (χ1) is 18.1. The second kappa shape index (κ2) is 10.5. The predicted octanol–water partition coefficient (Wildman–Crippen LogP) is 2.75. The number of hydrogen-bond acceptors (Lipinski definition) is 11. The summed E-state index contributed by atoms with van der Waals surface area (Å²) in [5.41, 5.74) is 1.80. The zero-order valence-corrected chi connectivity index (χ0v) is 20.8. The molecule has 0 aliphatic carbocycles. The second-order valence-electron chi connectivity index (χ2n) is 8.23. The average Bonchev–Trinajstić information content (AvgIpc) is 3.52. The Kier molecular flexibility index (Phi) is 6.83. The Bertz CT molecular complexity index is 1390. The molecule has 1 amide bonds. The summed E-state index contributed by atoms with van der Waals surface area (Å²) in [6.07, 6.45) is 6.43. The smallest absolute Gasteiger partial charge is 0.233 e. The number of nitrogens with zero attached hydrogens (tertiary/aromatic N) is 7. The zero-order chi connectivity index (χ0) is 25.8. The number of methoxy groups -OCH3 is 3. The van der Waals surface area contributed by atoms with Crippen molar-refractivity contribution in [2.24, 2.45) is 0 Å². The van der Waals surface area contributed by atoms with Crippen molar-refractivity contribution in [2.75, 3.05) is 45.1 Å². The number of likely N-dealkylation sites (tertiary alicyclic amines) is 1. The van der Waals surface area contributed by atoms with E-state index in [9.17, 15) is 4.79 Å². The molecule has 0 atom stereocenters. The van der Waals surface area contributed by atoms with Crippen LogP contribution in [0.25, 0.3) is 11.2 Å². The molecule has 0 radical (unpaired) electrons.